The van der Waals surface area contributed by atoms with E-state index in [1.54, 1.807) is 7.11 Å². The summed E-state index contributed by atoms with van der Waals surface area (Å²) in [6.07, 6.45) is 3.59. The van der Waals surface area contributed by atoms with Gasteiger partial charge in [-0.1, -0.05) is 25.1 Å². The van der Waals surface area contributed by atoms with Gasteiger partial charge in [-0.15, -0.1) is 0 Å². The van der Waals surface area contributed by atoms with Crippen LogP contribution < -0.4 is 16.0 Å². The Bertz CT molecular complexity index is 431. The van der Waals surface area contributed by atoms with Gasteiger partial charge in [-0.05, 0) is 45.3 Å². The number of ether oxygens (including phenoxy) is 1. The highest BCUT2D eigenvalue weighted by Gasteiger charge is 2.40. The van der Waals surface area contributed by atoms with Gasteiger partial charge in [-0.3, -0.25) is 16.2 Å². The van der Waals surface area contributed by atoms with Crippen molar-refractivity contribution in [2.24, 2.45) is 5.84 Å². The summed E-state index contributed by atoms with van der Waals surface area (Å²) in [5.41, 5.74) is 4.17. The molecule has 2 unspecified atom stereocenters. The molecule has 0 amide bonds. The van der Waals surface area contributed by atoms with Crippen molar-refractivity contribution in [2.45, 2.75) is 44.7 Å². The Hall–Kier alpha value is -1.10. The number of rotatable bonds is 6. The number of nitrogens with one attached hydrogen (secondary N) is 1. The summed E-state index contributed by atoms with van der Waals surface area (Å²) >= 11 is 0. The van der Waals surface area contributed by atoms with E-state index >= 15 is 0 Å². The van der Waals surface area contributed by atoms with E-state index in [0.717, 1.165) is 30.8 Å². The molecule has 1 aromatic carbocycles. The molecule has 1 heterocycles. The number of hydrogen-bond donors (Lipinski definition) is 2. The smallest absolute Gasteiger partial charge is 0.123 e. The van der Waals surface area contributed by atoms with Gasteiger partial charge in [-0.25, -0.2) is 0 Å². The average molecular weight is 277 g/mol. The van der Waals surface area contributed by atoms with Crippen LogP contribution in [0.4, 0.5) is 0 Å². The number of methoxy groups -OCH3 is 1. The molecule has 0 radical (unpaired) electrons. The van der Waals surface area contributed by atoms with E-state index < -0.39 is 0 Å². The average Bonchev–Trinajstić information content (AvgIpc) is 3.03. The molecule has 4 heteroatoms. The quantitative estimate of drug-likeness (QED) is 0.619. The van der Waals surface area contributed by atoms with Crippen LogP contribution in [0.3, 0.4) is 0 Å². The number of benzene rings is 1. The fraction of sp³-hybridized carbons (Fsp3) is 0.625. The molecule has 3 N–H and O–H groups in total. The van der Waals surface area contributed by atoms with Gasteiger partial charge in [-0.2, -0.15) is 0 Å². The zero-order chi connectivity index (χ0) is 14.6. The van der Waals surface area contributed by atoms with Gasteiger partial charge in [0.2, 0.25) is 0 Å². The molecule has 112 valence electrons. The van der Waals surface area contributed by atoms with Crippen LogP contribution in [0.15, 0.2) is 24.3 Å². The monoisotopic (exact) mass is 277 g/mol. The van der Waals surface area contributed by atoms with Gasteiger partial charge in [0.25, 0.3) is 0 Å². The van der Waals surface area contributed by atoms with Gasteiger partial charge in [0.15, 0.2) is 0 Å². The maximum Gasteiger partial charge on any atom is 0.123 e. The molecule has 0 bridgehead atoms. The number of hydrazine groups is 1. The van der Waals surface area contributed by atoms with Crippen molar-refractivity contribution in [1.29, 1.82) is 0 Å². The number of nitrogens with zero attached hydrogens (tertiary/aromatic N) is 1. The van der Waals surface area contributed by atoms with E-state index in [9.17, 15) is 0 Å². The van der Waals surface area contributed by atoms with Gasteiger partial charge in [0.05, 0.1) is 13.2 Å². The second kappa shape index (κ2) is 6.57. The van der Waals surface area contributed by atoms with Crippen LogP contribution in [0.5, 0.6) is 5.75 Å². The van der Waals surface area contributed by atoms with Crippen LogP contribution in [0.2, 0.25) is 0 Å². The zero-order valence-electron chi connectivity index (χ0n) is 12.9. The Morgan fingerprint density at radius 1 is 1.35 bits per heavy atom. The van der Waals surface area contributed by atoms with E-state index in [4.69, 9.17) is 10.6 Å². The lowest BCUT2D eigenvalue weighted by Gasteiger charge is -2.44. The van der Waals surface area contributed by atoms with Crippen LogP contribution >= 0.6 is 0 Å². The van der Waals surface area contributed by atoms with Crippen molar-refractivity contribution >= 4 is 0 Å². The molecular formula is C16H27N3O. The summed E-state index contributed by atoms with van der Waals surface area (Å²) in [6.45, 7) is 6.84. The summed E-state index contributed by atoms with van der Waals surface area (Å²) in [6, 6.07) is 8.20. The standard InChI is InChI=1S/C16H27N3O/c1-4-16(2,19-11-7-8-12-19)15(18-17)13-9-5-6-10-14(13)20-3/h5-6,9-10,15,18H,4,7-8,11-12,17H2,1-3H3. The minimum Gasteiger partial charge on any atom is -0.496 e. The molecule has 4 nitrogen and oxygen atoms in total. The molecular weight excluding hydrogens is 250 g/mol. The SMILES string of the molecule is CCC(C)(C(NN)c1ccccc1OC)N1CCCC1. The number of nitrogens with two attached hydrogens (primary N) is 1. The number of likely N-dealkylation sites (tertiary alicyclic amines) is 1. The van der Waals surface area contributed by atoms with Gasteiger partial charge in [0.1, 0.15) is 5.75 Å². The van der Waals surface area contributed by atoms with Crippen molar-refractivity contribution in [3.05, 3.63) is 29.8 Å². The van der Waals surface area contributed by atoms with Crippen LogP contribution in [-0.2, 0) is 0 Å². The van der Waals surface area contributed by atoms with Crippen LogP contribution in [0.25, 0.3) is 0 Å². The molecule has 0 aromatic heterocycles. The fourth-order valence-electron chi connectivity index (χ4n) is 3.35. The number of para-hydroxylation sites is 1. The highest BCUT2D eigenvalue weighted by Crippen LogP contribution is 2.39. The Morgan fingerprint density at radius 3 is 2.55 bits per heavy atom. The first kappa shape index (κ1) is 15.3. The molecule has 0 spiro atoms. The molecule has 2 atom stereocenters. The van der Waals surface area contributed by atoms with Crippen molar-refractivity contribution in [3.63, 3.8) is 0 Å². The lowest BCUT2D eigenvalue weighted by atomic mass is 9.83. The normalized spacial score (nSPS) is 20.6. The van der Waals surface area contributed by atoms with Crippen molar-refractivity contribution < 1.29 is 4.74 Å². The summed E-state index contributed by atoms with van der Waals surface area (Å²) in [5.74, 6) is 6.82. The summed E-state index contributed by atoms with van der Waals surface area (Å²) in [7, 11) is 1.71. The van der Waals surface area contributed by atoms with Crippen LogP contribution in [0.1, 0.15) is 44.7 Å². The molecule has 0 aliphatic carbocycles. The Balaban J connectivity index is 2.38. The maximum absolute atomic E-state index is 5.93. The van der Waals surface area contributed by atoms with E-state index in [2.05, 4.69) is 30.2 Å². The van der Waals surface area contributed by atoms with Crippen LogP contribution in [0, 0.1) is 0 Å². The predicted octanol–water partition coefficient (Wildman–Crippen LogP) is 2.46. The third kappa shape index (κ3) is 2.68. The first-order valence-electron chi connectivity index (χ1n) is 7.51. The topological polar surface area (TPSA) is 50.5 Å². The van der Waals surface area contributed by atoms with Crippen molar-refractivity contribution in [2.75, 3.05) is 20.2 Å². The van der Waals surface area contributed by atoms with E-state index in [1.165, 1.54) is 12.8 Å². The number of hydrogen-bond acceptors (Lipinski definition) is 4. The van der Waals surface area contributed by atoms with Crippen LogP contribution in [-0.4, -0.2) is 30.6 Å². The Kier molecular flexibility index (Phi) is 5.02. The lowest BCUT2D eigenvalue weighted by Crippen LogP contribution is -2.54. The van der Waals surface area contributed by atoms with E-state index in [1.807, 2.05) is 18.2 Å². The summed E-state index contributed by atoms with van der Waals surface area (Å²) in [4.78, 5) is 2.56. The first-order valence-corrected chi connectivity index (χ1v) is 7.51. The molecule has 2 rings (SSSR count). The maximum atomic E-state index is 5.93. The van der Waals surface area contributed by atoms with E-state index in [0.29, 0.717) is 0 Å². The minimum atomic E-state index is -0.000116. The third-order valence-electron chi connectivity index (χ3n) is 4.78. The van der Waals surface area contributed by atoms with Gasteiger partial charge < -0.3 is 4.74 Å². The largest absolute Gasteiger partial charge is 0.496 e. The highest BCUT2D eigenvalue weighted by molar-refractivity contribution is 5.37. The molecule has 1 saturated heterocycles. The summed E-state index contributed by atoms with van der Waals surface area (Å²) < 4.78 is 5.52. The van der Waals surface area contributed by atoms with Gasteiger partial charge in [0, 0.05) is 11.1 Å². The molecule has 0 saturated carbocycles. The Labute approximate surface area is 122 Å². The summed E-state index contributed by atoms with van der Waals surface area (Å²) in [5, 5.41) is 0. The second-order valence-corrected chi connectivity index (χ2v) is 5.75. The molecule has 1 aliphatic rings. The molecule has 20 heavy (non-hydrogen) atoms. The van der Waals surface area contributed by atoms with Crippen molar-refractivity contribution in [3.8, 4) is 5.75 Å². The molecule has 1 fully saturated rings. The highest BCUT2D eigenvalue weighted by atomic mass is 16.5. The second-order valence-electron chi connectivity index (χ2n) is 5.75. The third-order valence-corrected chi connectivity index (χ3v) is 4.78. The minimum absolute atomic E-state index is 0.000116. The van der Waals surface area contributed by atoms with Crippen molar-refractivity contribution in [1.82, 2.24) is 10.3 Å². The first-order chi connectivity index (χ1) is 9.67. The van der Waals surface area contributed by atoms with Gasteiger partial charge >= 0.3 is 0 Å². The zero-order valence-corrected chi connectivity index (χ0v) is 12.9. The lowest BCUT2D eigenvalue weighted by molar-refractivity contribution is 0.0829. The molecule has 1 aliphatic heterocycles. The Morgan fingerprint density at radius 2 is 2.00 bits per heavy atom. The predicted molar refractivity (Wildman–Crippen MR) is 82.6 cm³/mol. The van der Waals surface area contributed by atoms with E-state index in [-0.39, 0.29) is 11.6 Å². The fourth-order valence-corrected chi connectivity index (χ4v) is 3.35. The molecule has 1 aromatic rings.